The van der Waals surface area contributed by atoms with Crippen LogP contribution < -0.4 is 15.0 Å². The molecule has 1 unspecified atom stereocenters. The summed E-state index contributed by atoms with van der Waals surface area (Å²) in [5, 5.41) is 0.516. The number of aromatic nitrogens is 1. The van der Waals surface area contributed by atoms with Crippen LogP contribution in [0.4, 0.5) is 4.39 Å². The molecule has 6 nitrogen and oxygen atoms in total. The van der Waals surface area contributed by atoms with Crippen molar-refractivity contribution in [1.82, 2.24) is 9.88 Å². The van der Waals surface area contributed by atoms with Gasteiger partial charge in [-0.05, 0) is 37.3 Å². The molecular formula is C22H21FN2O4. The van der Waals surface area contributed by atoms with Crippen molar-refractivity contribution in [2.24, 2.45) is 0 Å². The predicted molar refractivity (Wildman–Crippen MR) is 107 cm³/mol. The third kappa shape index (κ3) is 3.94. The maximum Gasteiger partial charge on any atom is 0.254 e. The summed E-state index contributed by atoms with van der Waals surface area (Å²) in [5.74, 6) is 0.574. The van der Waals surface area contributed by atoms with Gasteiger partial charge < -0.3 is 19.4 Å². The quantitative estimate of drug-likeness (QED) is 0.718. The van der Waals surface area contributed by atoms with E-state index < -0.39 is 11.4 Å². The zero-order valence-electron chi connectivity index (χ0n) is 16.0. The van der Waals surface area contributed by atoms with Gasteiger partial charge in [-0.2, -0.15) is 0 Å². The Morgan fingerprint density at radius 2 is 2.00 bits per heavy atom. The van der Waals surface area contributed by atoms with Gasteiger partial charge in [0.1, 0.15) is 11.9 Å². The monoisotopic (exact) mass is 396 g/mol. The Balaban J connectivity index is 1.54. The van der Waals surface area contributed by atoms with Crippen molar-refractivity contribution in [2.45, 2.75) is 19.4 Å². The number of ether oxygens (including phenoxy) is 2. The zero-order chi connectivity index (χ0) is 20.4. The van der Waals surface area contributed by atoms with Crippen LogP contribution in [0.5, 0.6) is 11.5 Å². The molecule has 1 aliphatic rings. The van der Waals surface area contributed by atoms with Crippen molar-refractivity contribution < 1.29 is 18.7 Å². The number of nitrogens with one attached hydrogen (secondary N) is 1. The first-order valence-corrected chi connectivity index (χ1v) is 9.55. The average molecular weight is 396 g/mol. The second kappa shape index (κ2) is 7.95. The van der Waals surface area contributed by atoms with Crippen molar-refractivity contribution in [1.29, 1.82) is 0 Å². The fourth-order valence-electron chi connectivity index (χ4n) is 3.59. The van der Waals surface area contributed by atoms with Crippen LogP contribution in [0.3, 0.4) is 0 Å². The Bertz CT molecular complexity index is 1110. The maximum absolute atomic E-state index is 13.5. The molecular weight excluding hydrogens is 375 g/mol. The number of pyridine rings is 1. The normalized spacial score (nSPS) is 16.2. The second-order valence-corrected chi connectivity index (χ2v) is 6.90. The van der Waals surface area contributed by atoms with E-state index >= 15 is 0 Å². The highest BCUT2D eigenvalue weighted by Crippen LogP contribution is 2.29. The topological polar surface area (TPSA) is 71.6 Å². The van der Waals surface area contributed by atoms with E-state index in [0.29, 0.717) is 48.5 Å². The largest absolute Gasteiger partial charge is 0.490 e. The molecule has 0 aliphatic carbocycles. The van der Waals surface area contributed by atoms with Crippen LogP contribution in [0.2, 0.25) is 0 Å². The first-order chi connectivity index (χ1) is 14.0. The lowest BCUT2D eigenvalue weighted by molar-refractivity contribution is 0.0773. The molecule has 2 aromatic carbocycles. The number of H-pyrrole nitrogens is 1. The fraction of sp³-hybridized carbons (Fsp3) is 0.273. The van der Waals surface area contributed by atoms with E-state index in [4.69, 9.17) is 9.47 Å². The molecule has 1 fully saturated rings. The number of halogens is 1. The Morgan fingerprint density at radius 1 is 1.21 bits per heavy atom. The molecule has 1 atom stereocenters. The molecule has 29 heavy (non-hydrogen) atoms. The molecule has 150 valence electrons. The molecule has 0 bridgehead atoms. The van der Waals surface area contributed by atoms with Gasteiger partial charge in [-0.3, -0.25) is 9.59 Å². The summed E-state index contributed by atoms with van der Waals surface area (Å²) in [4.78, 5) is 29.2. The molecule has 0 radical (unpaired) electrons. The van der Waals surface area contributed by atoms with E-state index in [1.807, 2.05) is 31.2 Å². The number of likely N-dealkylation sites (tertiary alicyclic amines) is 1. The van der Waals surface area contributed by atoms with Crippen molar-refractivity contribution in [3.05, 3.63) is 70.3 Å². The zero-order valence-corrected chi connectivity index (χ0v) is 16.0. The molecule has 0 saturated carbocycles. The van der Waals surface area contributed by atoms with Crippen molar-refractivity contribution in [3.8, 4) is 11.5 Å². The number of aromatic amines is 1. The van der Waals surface area contributed by atoms with E-state index in [9.17, 15) is 14.0 Å². The Hall–Kier alpha value is -3.35. The summed E-state index contributed by atoms with van der Waals surface area (Å²) >= 11 is 0. The lowest BCUT2D eigenvalue weighted by Gasteiger charge is -2.19. The van der Waals surface area contributed by atoms with E-state index in [1.165, 1.54) is 24.3 Å². The van der Waals surface area contributed by atoms with E-state index in [1.54, 1.807) is 4.90 Å². The summed E-state index contributed by atoms with van der Waals surface area (Å²) in [7, 11) is 0. The molecule has 0 spiro atoms. The fourth-order valence-corrected chi connectivity index (χ4v) is 3.59. The van der Waals surface area contributed by atoms with Gasteiger partial charge in [0.15, 0.2) is 11.5 Å². The summed E-state index contributed by atoms with van der Waals surface area (Å²) in [6.45, 7) is 3.35. The minimum absolute atomic E-state index is 0.175. The Morgan fingerprint density at radius 3 is 2.79 bits per heavy atom. The number of rotatable bonds is 5. The smallest absolute Gasteiger partial charge is 0.254 e. The number of nitrogens with zero attached hydrogens (tertiary/aromatic N) is 1. The van der Waals surface area contributed by atoms with Gasteiger partial charge in [-0.15, -0.1) is 0 Å². The lowest BCUT2D eigenvalue weighted by atomic mass is 10.1. The third-order valence-corrected chi connectivity index (χ3v) is 4.91. The first kappa shape index (κ1) is 19.0. The highest BCUT2D eigenvalue weighted by molar-refractivity contribution is 6.06. The van der Waals surface area contributed by atoms with Crippen LogP contribution in [-0.2, 0) is 0 Å². The van der Waals surface area contributed by atoms with Crippen LogP contribution in [0.15, 0.2) is 53.3 Å². The molecule has 1 N–H and O–H groups in total. The molecule has 1 saturated heterocycles. The summed E-state index contributed by atoms with van der Waals surface area (Å²) < 4.78 is 25.2. The number of fused-ring (bicyclic) bond motifs is 1. The maximum atomic E-state index is 13.5. The van der Waals surface area contributed by atoms with Crippen LogP contribution in [0.25, 0.3) is 10.9 Å². The van der Waals surface area contributed by atoms with Gasteiger partial charge in [0.2, 0.25) is 5.56 Å². The predicted octanol–water partition coefficient (Wildman–Crippen LogP) is 3.36. The van der Waals surface area contributed by atoms with Gasteiger partial charge in [0.05, 0.1) is 24.2 Å². The first-order valence-electron chi connectivity index (χ1n) is 9.55. The third-order valence-electron chi connectivity index (χ3n) is 4.91. The second-order valence-electron chi connectivity index (χ2n) is 6.90. The Kier molecular flexibility index (Phi) is 5.20. The molecule has 3 aromatic rings. The van der Waals surface area contributed by atoms with Gasteiger partial charge in [0.25, 0.3) is 5.91 Å². The number of benzene rings is 2. The number of hydrogen-bond acceptors (Lipinski definition) is 4. The number of amides is 1. The summed E-state index contributed by atoms with van der Waals surface area (Å²) in [6.07, 6.45) is 0.494. The van der Waals surface area contributed by atoms with E-state index in [-0.39, 0.29) is 17.6 Å². The van der Waals surface area contributed by atoms with E-state index in [2.05, 4.69) is 4.98 Å². The minimum Gasteiger partial charge on any atom is -0.490 e. The number of hydrogen-bond donors (Lipinski definition) is 1. The molecule has 1 aliphatic heterocycles. The van der Waals surface area contributed by atoms with Crippen molar-refractivity contribution in [3.63, 3.8) is 0 Å². The minimum atomic E-state index is -0.472. The highest BCUT2D eigenvalue weighted by Gasteiger charge is 2.30. The van der Waals surface area contributed by atoms with Gasteiger partial charge in [-0.1, -0.05) is 12.1 Å². The highest BCUT2D eigenvalue weighted by atomic mass is 19.1. The van der Waals surface area contributed by atoms with Crippen molar-refractivity contribution >= 4 is 16.8 Å². The van der Waals surface area contributed by atoms with Crippen LogP contribution >= 0.6 is 0 Å². The van der Waals surface area contributed by atoms with E-state index in [0.717, 1.165) is 0 Å². The SMILES string of the molecule is CCOc1ccccc1OC1CCN(C(=O)c2cc(=O)[nH]c3cc(F)ccc23)C1. The van der Waals surface area contributed by atoms with Crippen LogP contribution in [0, 0.1) is 5.82 Å². The standard InChI is InChI=1S/C22H21FN2O4/c1-2-28-19-5-3-4-6-20(19)29-15-9-10-25(13-15)22(27)17-12-21(26)24-18-11-14(23)7-8-16(17)18/h3-8,11-12,15H,2,9-10,13H2,1H3,(H,24,26). The average Bonchev–Trinajstić information content (AvgIpc) is 3.16. The van der Waals surface area contributed by atoms with Crippen LogP contribution in [-0.4, -0.2) is 41.6 Å². The molecule has 2 heterocycles. The molecule has 1 amide bonds. The Labute approximate surface area is 166 Å². The lowest BCUT2D eigenvalue weighted by Crippen LogP contribution is -2.31. The van der Waals surface area contributed by atoms with Gasteiger partial charge in [0, 0.05) is 24.4 Å². The summed E-state index contributed by atoms with van der Waals surface area (Å²) in [6, 6.07) is 12.7. The van der Waals surface area contributed by atoms with Crippen molar-refractivity contribution in [2.75, 3.05) is 19.7 Å². The van der Waals surface area contributed by atoms with Crippen LogP contribution in [0.1, 0.15) is 23.7 Å². The molecule has 1 aromatic heterocycles. The van der Waals surface area contributed by atoms with Gasteiger partial charge in [-0.25, -0.2) is 4.39 Å². The van der Waals surface area contributed by atoms with Gasteiger partial charge >= 0.3 is 0 Å². The summed E-state index contributed by atoms with van der Waals surface area (Å²) in [5.41, 5.74) is 0.127. The number of para-hydroxylation sites is 2. The molecule has 7 heteroatoms. The number of carbonyl (C=O) groups is 1. The number of carbonyl (C=O) groups excluding carboxylic acids is 1. The molecule has 4 rings (SSSR count).